The van der Waals surface area contributed by atoms with Crippen LogP contribution >= 0.6 is 7.82 Å². The highest BCUT2D eigenvalue weighted by molar-refractivity contribution is 7.48. The summed E-state index contributed by atoms with van der Waals surface area (Å²) in [4.78, 5) is 12.4. The van der Waals surface area contributed by atoms with Gasteiger partial charge in [0, 0.05) is 0 Å². The van der Waals surface area contributed by atoms with Gasteiger partial charge in [-0.2, -0.15) is 9.97 Å². The van der Waals surface area contributed by atoms with Gasteiger partial charge in [-0.15, -0.1) is 0 Å². The molecule has 160 valence electrons. The van der Waals surface area contributed by atoms with Crippen LogP contribution in [0.5, 0.6) is 5.88 Å². The predicted octanol–water partition coefficient (Wildman–Crippen LogP) is 2.38. The molecule has 4 rings (SSSR count). The average Bonchev–Trinajstić information content (AvgIpc) is 3.13. The molecule has 29 heavy (non-hydrogen) atoms. The van der Waals surface area contributed by atoms with Gasteiger partial charge in [0.2, 0.25) is 11.8 Å². The fourth-order valence-corrected chi connectivity index (χ4v) is 5.11. The molecule has 0 amide bonds. The summed E-state index contributed by atoms with van der Waals surface area (Å²) in [5.41, 5.74) is 4.25. The Balaban J connectivity index is 1.70. The van der Waals surface area contributed by atoms with Gasteiger partial charge >= 0.3 is 7.82 Å². The highest BCUT2D eigenvalue weighted by Crippen LogP contribution is 2.60. The molecule has 0 aromatic carbocycles. The lowest BCUT2D eigenvalue weighted by atomic mass is 9.98. The molecule has 0 unspecified atom stereocenters. The number of nitrogen functional groups attached to an aromatic ring is 1. The van der Waals surface area contributed by atoms with Gasteiger partial charge in [0.05, 0.1) is 25.6 Å². The number of alkyl halides is 1. The second-order valence-corrected chi connectivity index (χ2v) is 8.82. The molecule has 2 fully saturated rings. The third kappa shape index (κ3) is 3.49. The van der Waals surface area contributed by atoms with Gasteiger partial charge in [0.15, 0.2) is 23.1 Å². The van der Waals surface area contributed by atoms with Crippen molar-refractivity contribution < 1.29 is 32.0 Å². The molecule has 0 aliphatic carbocycles. The van der Waals surface area contributed by atoms with Crippen molar-refractivity contribution in [3.05, 3.63) is 6.33 Å². The number of hydrogen-bond donors (Lipinski definition) is 1. The SMILES string of the molecule is CCOc1nc(N)nc2c1ncn2[C@@H]1O[C@@H]2CO[P@](=O)(OC(C)C)O[C@H]2[C@@]1(C)F. The molecule has 2 N–H and O–H groups in total. The van der Waals surface area contributed by atoms with Gasteiger partial charge in [0.1, 0.15) is 12.2 Å². The summed E-state index contributed by atoms with van der Waals surface area (Å²) in [5.74, 6) is 0.146. The Morgan fingerprint density at radius 3 is 2.93 bits per heavy atom. The molecule has 2 aromatic rings. The summed E-state index contributed by atoms with van der Waals surface area (Å²) >= 11 is 0. The van der Waals surface area contributed by atoms with E-state index in [4.69, 9.17) is 28.8 Å². The Morgan fingerprint density at radius 1 is 1.48 bits per heavy atom. The Morgan fingerprint density at radius 2 is 2.24 bits per heavy atom. The number of halogens is 1. The normalized spacial score (nSPS) is 34.6. The van der Waals surface area contributed by atoms with E-state index in [0.717, 1.165) is 0 Å². The quantitative estimate of drug-likeness (QED) is 0.704. The molecular weight excluding hydrogens is 408 g/mol. The first-order valence-electron chi connectivity index (χ1n) is 9.23. The zero-order valence-electron chi connectivity index (χ0n) is 16.4. The maximum Gasteiger partial charge on any atom is 0.475 e. The summed E-state index contributed by atoms with van der Waals surface area (Å²) in [6.07, 6.45) is -2.20. The van der Waals surface area contributed by atoms with E-state index in [1.54, 1.807) is 20.8 Å². The van der Waals surface area contributed by atoms with Crippen molar-refractivity contribution in [1.82, 2.24) is 19.5 Å². The summed E-state index contributed by atoms with van der Waals surface area (Å²) in [7, 11) is -3.91. The Hall–Kier alpha value is -1.85. The lowest BCUT2D eigenvalue weighted by Crippen LogP contribution is -2.45. The van der Waals surface area contributed by atoms with Crippen molar-refractivity contribution in [3.63, 3.8) is 0 Å². The van der Waals surface area contributed by atoms with Crippen LogP contribution in [0.4, 0.5) is 10.3 Å². The third-order valence-electron chi connectivity index (χ3n) is 4.60. The third-order valence-corrected chi connectivity index (χ3v) is 6.23. The molecule has 5 atom stereocenters. The summed E-state index contributed by atoms with van der Waals surface area (Å²) < 4.78 is 57.2. The van der Waals surface area contributed by atoms with Crippen molar-refractivity contribution in [2.75, 3.05) is 18.9 Å². The number of nitrogens with zero attached hydrogens (tertiary/aromatic N) is 4. The van der Waals surface area contributed by atoms with Gasteiger partial charge in [0.25, 0.3) is 0 Å². The van der Waals surface area contributed by atoms with Crippen LogP contribution in [-0.2, 0) is 22.9 Å². The van der Waals surface area contributed by atoms with E-state index in [9.17, 15) is 4.57 Å². The molecule has 2 aromatic heterocycles. The smallest absolute Gasteiger partial charge is 0.475 e. The van der Waals surface area contributed by atoms with E-state index in [-0.39, 0.29) is 24.1 Å². The first kappa shape index (κ1) is 20.4. The molecule has 0 bridgehead atoms. The van der Waals surface area contributed by atoms with Gasteiger partial charge in [-0.3, -0.25) is 18.1 Å². The van der Waals surface area contributed by atoms with Crippen LogP contribution in [0.2, 0.25) is 0 Å². The molecule has 11 nitrogen and oxygen atoms in total. The Labute approximate surface area is 166 Å². The summed E-state index contributed by atoms with van der Waals surface area (Å²) in [5, 5.41) is 0. The zero-order chi connectivity index (χ0) is 21.0. The number of imidazole rings is 1. The minimum Gasteiger partial charge on any atom is -0.476 e. The number of ether oxygens (including phenoxy) is 2. The van der Waals surface area contributed by atoms with Gasteiger partial charge < -0.3 is 15.2 Å². The zero-order valence-corrected chi connectivity index (χ0v) is 17.3. The highest BCUT2D eigenvalue weighted by Gasteiger charge is 2.61. The second kappa shape index (κ2) is 7.13. The number of nitrogens with two attached hydrogens (primary N) is 1. The first-order chi connectivity index (χ1) is 13.6. The molecule has 4 heterocycles. The van der Waals surface area contributed by atoms with Crippen molar-refractivity contribution in [1.29, 1.82) is 0 Å². The predicted molar refractivity (Wildman–Crippen MR) is 99.0 cm³/mol. The van der Waals surface area contributed by atoms with Crippen LogP contribution in [0.25, 0.3) is 11.2 Å². The Bertz CT molecular complexity index is 969. The number of hydrogen-bond acceptors (Lipinski definition) is 10. The molecular formula is C16H23FN5O6P. The van der Waals surface area contributed by atoms with Gasteiger partial charge in [-0.25, -0.2) is 13.9 Å². The van der Waals surface area contributed by atoms with Crippen LogP contribution in [0, 0.1) is 0 Å². The molecule has 13 heteroatoms. The monoisotopic (exact) mass is 431 g/mol. The number of fused-ring (bicyclic) bond motifs is 2. The standard InChI is InChI=1S/C16H23FN5O6P/c1-5-24-13-10-12(20-15(18)21-13)22(7-19-10)14-16(4,17)11-9(26-14)6-25-29(23,28-11)27-8(2)3/h7-9,11,14H,5-6H2,1-4H3,(H2,18,20,21)/t9-,11-,14-,16-,29-/m1/s1. The fourth-order valence-electron chi connectivity index (χ4n) is 3.47. The largest absolute Gasteiger partial charge is 0.476 e. The number of phosphoric ester groups is 1. The lowest BCUT2D eigenvalue weighted by molar-refractivity contribution is -0.0733. The van der Waals surface area contributed by atoms with Crippen LogP contribution in [0.3, 0.4) is 0 Å². The molecule has 0 spiro atoms. The van der Waals surface area contributed by atoms with Crippen LogP contribution < -0.4 is 10.5 Å². The highest BCUT2D eigenvalue weighted by atomic mass is 31.2. The number of phosphoric acid groups is 1. The molecule has 2 aliphatic rings. The maximum absolute atomic E-state index is 15.9. The maximum atomic E-state index is 15.9. The van der Waals surface area contributed by atoms with Crippen LogP contribution in [0.15, 0.2) is 6.33 Å². The minimum absolute atomic E-state index is 0.0481. The fraction of sp³-hybridized carbons (Fsp3) is 0.688. The van der Waals surface area contributed by atoms with Crippen molar-refractivity contribution in [3.8, 4) is 5.88 Å². The molecule has 0 radical (unpaired) electrons. The summed E-state index contributed by atoms with van der Waals surface area (Å²) in [6, 6.07) is 0. The van der Waals surface area contributed by atoms with Crippen LogP contribution in [0.1, 0.15) is 33.9 Å². The lowest BCUT2D eigenvalue weighted by Gasteiger charge is -2.34. The Kier molecular flexibility index (Phi) is 5.02. The van der Waals surface area contributed by atoms with E-state index in [2.05, 4.69) is 15.0 Å². The first-order valence-corrected chi connectivity index (χ1v) is 10.7. The van der Waals surface area contributed by atoms with Crippen molar-refractivity contribution in [2.24, 2.45) is 0 Å². The second-order valence-electron chi connectivity index (χ2n) is 7.25. The molecule has 0 saturated carbocycles. The molecule has 2 aliphatic heterocycles. The van der Waals surface area contributed by atoms with E-state index in [0.29, 0.717) is 12.1 Å². The van der Waals surface area contributed by atoms with Gasteiger partial charge in [-0.05, 0) is 27.7 Å². The number of anilines is 1. The van der Waals surface area contributed by atoms with E-state index in [1.165, 1.54) is 17.8 Å². The topological polar surface area (TPSA) is 133 Å². The van der Waals surface area contributed by atoms with E-state index >= 15 is 4.39 Å². The van der Waals surface area contributed by atoms with Gasteiger partial charge in [-0.1, -0.05) is 0 Å². The van der Waals surface area contributed by atoms with E-state index < -0.39 is 38.0 Å². The van der Waals surface area contributed by atoms with Crippen LogP contribution in [-0.4, -0.2) is 56.7 Å². The van der Waals surface area contributed by atoms with E-state index in [1.807, 2.05) is 0 Å². The number of rotatable bonds is 5. The molecule has 2 saturated heterocycles. The van der Waals surface area contributed by atoms with Crippen molar-refractivity contribution >= 4 is 24.9 Å². The average molecular weight is 431 g/mol. The van der Waals surface area contributed by atoms with Crippen molar-refractivity contribution in [2.45, 2.75) is 57.9 Å². The summed E-state index contributed by atoms with van der Waals surface area (Å²) in [6.45, 7) is 6.66. The number of aromatic nitrogens is 4. The minimum atomic E-state index is -3.91.